The minimum atomic E-state index is -0.828. The Labute approximate surface area is 172 Å². The fraction of sp³-hybridized carbons (Fsp3) is 0.474. The quantitative estimate of drug-likeness (QED) is 0.648. The summed E-state index contributed by atoms with van der Waals surface area (Å²) in [5, 5.41) is 21.7. The number of benzene rings is 1. The number of rotatable bonds is 0. The van der Waals surface area contributed by atoms with Crippen LogP contribution in [-0.2, 0) is 17.8 Å². The fourth-order valence-corrected chi connectivity index (χ4v) is 3.75. The number of carbonyl (C=O) groups is 2. The summed E-state index contributed by atoms with van der Waals surface area (Å²) in [7, 11) is 0. The molecule has 10 heteroatoms. The molecule has 1 saturated heterocycles. The maximum Gasteiger partial charge on any atom is 0.257 e. The van der Waals surface area contributed by atoms with Crippen molar-refractivity contribution in [3.63, 3.8) is 0 Å². The molecule has 29 heavy (non-hydrogen) atoms. The fourth-order valence-electron chi connectivity index (χ4n) is 3.58. The van der Waals surface area contributed by atoms with Gasteiger partial charge >= 0.3 is 0 Å². The number of aliphatic hydroxyl groups is 1. The van der Waals surface area contributed by atoms with Crippen LogP contribution in [0.1, 0.15) is 28.9 Å². The summed E-state index contributed by atoms with van der Waals surface area (Å²) >= 11 is 6.10. The van der Waals surface area contributed by atoms with Crippen LogP contribution in [0.2, 0.25) is 5.02 Å². The van der Waals surface area contributed by atoms with Gasteiger partial charge in [0.1, 0.15) is 12.4 Å². The molecule has 4 rings (SSSR count). The highest BCUT2D eigenvalue weighted by Gasteiger charge is 2.36. The summed E-state index contributed by atoms with van der Waals surface area (Å²) in [6.45, 7) is 1.13. The second kappa shape index (κ2) is 8.38. The SMILES string of the molecule is O=C1CCCc2cn(nn2)CCOc2ccc(Cl)cc2C(=O)N2C[C@@H](O)[C@@H](C2)N1. The largest absolute Gasteiger partial charge is 0.491 e. The molecule has 1 aromatic carbocycles. The second-order valence-corrected chi connectivity index (χ2v) is 7.70. The number of ether oxygens (including phenoxy) is 1. The first-order chi connectivity index (χ1) is 14.0. The number of carbonyl (C=O) groups excluding carboxylic acids is 2. The lowest BCUT2D eigenvalue weighted by Crippen LogP contribution is -2.43. The van der Waals surface area contributed by atoms with Gasteiger partial charge in [-0.2, -0.15) is 0 Å². The number of halogens is 1. The van der Waals surface area contributed by atoms with Crippen molar-refractivity contribution < 1.29 is 19.4 Å². The van der Waals surface area contributed by atoms with Gasteiger partial charge in [-0.1, -0.05) is 16.8 Å². The van der Waals surface area contributed by atoms with Gasteiger partial charge in [-0.05, 0) is 31.0 Å². The van der Waals surface area contributed by atoms with Crippen molar-refractivity contribution >= 4 is 23.4 Å². The Morgan fingerprint density at radius 3 is 2.97 bits per heavy atom. The molecule has 0 spiro atoms. The Balaban J connectivity index is 1.60. The van der Waals surface area contributed by atoms with Gasteiger partial charge in [-0.15, -0.1) is 5.10 Å². The topological polar surface area (TPSA) is 110 Å². The van der Waals surface area contributed by atoms with Crippen LogP contribution in [0.3, 0.4) is 0 Å². The number of nitrogens with zero attached hydrogens (tertiary/aromatic N) is 4. The molecule has 3 heterocycles. The van der Waals surface area contributed by atoms with Crippen LogP contribution in [0.5, 0.6) is 5.75 Å². The van der Waals surface area contributed by atoms with Crippen molar-refractivity contribution in [3.05, 3.63) is 40.7 Å². The zero-order valence-electron chi connectivity index (χ0n) is 15.8. The van der Waals surface area contributed by atoms with E-state index in [4.69, 9.17) is 16.3 Å². The summed E-state index contributed by atoms with van der Waals surface area (Å²) in [4.78, 5) is 26.8. The Morgan fingerprint density at radius 2 is 2.10 bits per heavy atom. The van der Waals surface area contributed by atoms with Crippen LogP contribution < -0.4 is 10.1 Å². The molecule has 0 unspecified atom stereocenters. The molecule has 0 aliphatic carbocycles. The number of aryl methyl sites for hydroxylation is 1. The van der Waals surface area contributed by atoms with E-state index in [0.29, 0.717) is 48.7 Å². The lowest BCUT2D eigenvalue weighted by Gasteiger charge is -2.19. The highest BCUT2D eigenvalue weighted by molar-refractivity contribution is 6.31. The van der Waals surface area contributed by atoms with E-state index in [9.17, 15) is 14.7 Å². The molecule has 2 aromatic rings. The number of fused-ring (bicyclic) bond motifs is 5. The number of hydrogen-bond donors (Lipinski definition) is 2. The predicted molar refractivity (Wildman–Crippen MR) is 104 cm³/mol. The first kappa shape index (κ1) is 19.7. The zero-order valence-corrected chi connectivity index (χ0v) is 16.5. The Kier molecular flexibility index (Phi) is 5.68. The molecule has 4 bridgehead atoms. The zero-order chi connectivity index (χ0) is 20.4. The monoisotopic (exact) mass is 419 g/mol. The maximum absolute atomic E-state index is 13.1. The highest BCUT2D eigenvalue weighted by atomic mass is 35.5. The molecule has 2 aliphatic heterocycles. The first-order valence-corrected chi connectivity index (χ1v) is 9.95. The number of nitrogens with one attached hydrogen (secondary N) is 1. The molecular formula is C19H22ClN5O4. The molecule has 0 radical (unpaired) electrons. The van der Waals surface area contributed by atoms with Crippen molar-refractivity contribution in [2.45, 2.75) is 38.0 Å². The highest BCUT2D eigenvalue weighted by Crippen LogP contribution is 2.26. The average Bonchev–Trinajstić information content (AvgIpc) is 3.28. The number of aliphatic hydroxyl groups excluding tert-OH is 1. The number of hydrogen-bond acceptors (Lipinski definition) is 6. The van der Waals surface area contributed by atoms with Crippen LogP contribution in [0, 0.1) is 0 Å². The van der Waals surface area contributed by atoms with E-state index in [2.05, 4.69) is 15.6 Å². The van der Waals surface area contributed by atoms with E-state index in [1.165, 1.54) is 4.90 Å². The number of amides is 2. The van der Waals surface area contributed by atoms with E-state index in [1.807, 2.05) is 6.20 Å². The maximum atomic E-state index is 13.1. The molecule has 2 atom stereocenters. The van der Waals surface area contributed by atoms with Gasteiger partial charge in [-0.25, -0.2) is 4.68 Å². The molecule has 9 nitrogen and oxygen atoms in total. The lowest BCUT2D eigenvalue weighted by atomic mass is 10.1. The van der Waals surface area contributed by atoms with Crippen LogP contribution >= 0.6 is 11.6 Å². The third-order valence-corrected chi connectivity index (χ3v) is 5.33. The first-order valence-electron chi connectivity index (χ1n) is 9.57. The van der Waals surface area contributed by atoms with Crippen molar-refractivity contribution in [2.24, 2.45) is 0 Å². The van der Waals surface area contributed by atoms with Gasteiger partial charge in [-0.3, -0.25) is 9.59 Å². The Bertz CT molecular complexity index is 918. The van der Waals surface area contributed by atoms with E-state index >= 15 is 0 Å². The van der Waals surface area contributed by atoms with Crippen LogP contribution in [0.15, 0.2) is 24.4 Å². The van der Waals surface area contributed by atoms with Crippen molar-refractivity contribution in [1.82, 2.24) is 25.2 Å². The van der Waals surface area contributed by atoms with E-state index in [1.54, 1.807) is 22.9 Å². The molecule has 2 aliphatic rings. The number of aromatic nitrogens is 3. The predicted octanol–water partition coefficient (Wildman–Crippen LogP) is 0.648. The van der Waals surface area contributed by atoms with E-state index < -0.39 is 12.1 Å². The standard InChI is InChI=1S/C19H22ClN5O4/c20-12-4-5-17-14(8-12)19(28)24-10-15(16(26)11-24)21-18(27)3-1-2-13-9-25(23-22-13)6-7-29-17/h4-5,8-9,15-16,26H,1-3,6-7,10-11H2,(H,21,27)/t15-,16-/m1/s1. The van der Waals surface area contributed by atoms with Crippen LogP contribution in [-0.4, -0.2) is 68.7 Å². The van der Waals surface area contributed by atoms with Crippen molar-refractivity contribution in [3.8, 4) is 5.75 Å². The third-order valence-electron chi connectivity index (χ3n) is 5.10. The minimum Gasteiger partial charge on any atom is -0.491 e. The Hall–Kier alpha value is -2.65. The van der Waals surface area contributed by atoms with Crippen LogP contribution in [0.4, 0.5) is 0 Å². The smallest absolute Gasteiger partial charge is 0.257 e. The van der Waals surface area contributed by atoms with Gasteiger partial charge in [0.25, 0.3) is 5.91 Å². The summed E-state index contributed by atoms with van der Waals surface area (Å²) in [6.07, 6.45) is 2.56. The third kappa shape index (κ3) is 4.51. The van der Waals surface area contributed by atoms with Gasteiger partial charge in [0.15, 0.2) is 0 Å². The van der Waals surface area contributed by atoms with E-state index in [-0.39, 0.29) is 24.9 Å². The summed E-state index contributed by atoms with van der Waals surface area (Å²) in [6, 6.07) is 4.36. The van der Waals surface area contributed by atoms with Crippen LogP contribution in [0.25, 0.3) is 0 Å². The minimum absolute atomic E-state index is 0.133. The van der Waals surface area contributed by atoms with Gasteiger partial charge in [0.05, 0.1) is 29.9 Å². The van der Waals surface area contributed by atoms with Crippen molar-refractivity contribution in [2.75, 3.05) is 19.7 Å². The summed E-state index contributed by atoms with van der Waals surface area (Å²) in [5.41, 5.74) is 1.12. The second-order valence-electron chi connectivity index (χ2n) is 7.27. The van der Waals surface area contributed by atoms with Gasteiger partial charge in [0.2, 0.25) is 5.91 Å². The Morgan fingerprint density at radius 1 is 1.24 bits per heavy atom. The average molecular weight is 420 g/mol. The van der Waals surface area contributed by atoms with Crippen molar-refractivity contribution in [1.29, 1.82) is 0 Å². The molecule has 1 aromatic heterocycles. The van der Waals surface area contributed by atoms with Gasteiger partial charge in [0, 0.05) is 30.7 Å². The molecular weight excluding hydrogens is 398 g/mol. The molecule has 154 valence electrons. The van der Waals surface area contributed by atoms with Gasteiger partial charge < -0.3 is 20.1 Å². The summed E-state index contributed by atoms with van der Waals surface area (Å²) < 4.78 is 7.50. The molecule has 0 saturated carbocycles. The molecule has 2 N–H and O–H groups in total. The lowest BCUT2D eigenvalue weighted by molar-refractivity contribution is -0.122. The molecule has 2 amide bonds. The van der Waals surface area contributed by atoms with E-state index in [0.717, 1.165) is 5.69 Å². The normalized spacial score (nSPS) is 23.2. The molecule has 1 fully saturated rings. The summed E-state index contributed by atoms with van der Waals surface area (Å²) in [5.74, 6) is -0.0523.